The van der Waals surface area contributed by atoms with Crippen molar-refractivity contribution in [2.75, 3.05) is 0 Å². The maximum absolute atomic E-state index is 12.6. The molecule has 0 aromatic heterocycles. The van der Waals surface area contributed by atoms with E-state index >= 15 is 0 Å². The van der Waals surface area contributed by atoms with E-state index in [0.717, 1.165) is 0 Å². The number of hydrogen-bond donors (Lipinski definition) is 0. The maximum atomic E-state index is 12.6. The minimum Gasteiger partial charge on any atom is -0.299 e. The highest BCUT2D eigenvalue weighted by molar-refractivity contribution is 5.76. The molecule has 0 saturated heterocycles. The van der Waals surface area contributed by atoms with Crippen molar-refractivity contribution in [2.24, 2.45) is 0 Å². The van der Waals surface area contributed by atoms with Gasteiger partial charge in [-0.25, -0.2) is 0 Å². The SMILES string of the molecule is O=CC=Cc1c(C(F)(F)F)cccc1C(F)(F)F. The summed E-state index contributed by atoms with van der Waals surface area (Å²) in [6.45, 7) is 0. The van der Waals surface area contributed by atoms with Crippen LogP contribution in [0, 0.1) is 0 Å². The van der Waals surface area contributed by atoms with Crippen LogP contribution in [0.4, 0.5) is 26.3 Å². The first-order valence-corrected chi connectivity index (χ1v) is 4.57. The molecule has 7 heteroatoms. The third kappa shape index (κ3) is 3.12. The van der Waals surface area contributed by atoms with Crippen molar-refractivity contribution in [2.45, 2.75) is 12.4 Å². The summed E-state index contributed by atoms with van der Waals surface area (Å²) in [5.74, 6) is 0. The summed E-state index contributed by atoms with van der Waals surface area (Å²) in [6, 6.07) is 1.73. The second-order valence-corrected chi connectivity index (χ2v) is 3.26. The fourth-order valence-electron chi connectivity index (χ4n) is 1.37. The first kappa shape index (κ1) is 14.3. The lowest BCUT2D eigenvalue weighted by molar-refractivity contribution is -0.143. The summed E-state index contributed by atoms with van der Waals surface area (Å²) in [4.78, 5) is 10.1. The molecule has 0 fully saturated rings. The van der Waals surface area contributed by atoms with E-state index in [0.29, 0.717) is 30.4 Å². The van der Waals surface area contributed by atoms with Gasteiger partial charge in [-0.2, -0.15) is 26.3 Å². The van der Waals surface area contributed by atoms with Crippen molar-refractivity contribution in [1.82, 2.24) is 0 Å². The molecular formula is C11H6F6O. The summed E-state index contributed by atoms with van der Waals surface area (Å²) >= 11 is 0. The van der Waals surface area contributed by atoms with Crippen LogP contribution in [0.25, 0.3) is 6.08 Å². The minimum atomic E-state index is -4.93. The molecular weight excluding hydrogens is 262 g/mol. The molecule has 0 unspecified atom stereocenters. The highest BCUT2D eigenvalue weighted by Gasteiger charge is 2.39. The number of rotatable bonds is 2. The van der Waals surface area contributed by atoms with E-state index in [-0.39, 0.29) is 6.29 Å². The molecule has 0 heterocycles. The molecule has 18 heavy (non-hydrogen) atoms. The monoisotopic (exact) mass is 268 g/mol. The predicted octanol–water partition coefficient (Wildman–Crippen LogP) is 3.94. The predicted molar refractivity (Wildman–Crippen MR) is 51.5 cm³/mol. The van der Waals surface area contributed by atoms with Crippen molar-refractivity contribution < 1.29 is 31.1 Å². The topological polar surface area (TPSA) is 17.1 Å². The fraction of sp³-hybridized carbons (Fsp3) is 0.182. The van der Waals surface area contributed by atoms with Crippen LogP contribution in [-0.4, -0.2) is 6.29 Å². The summed E-state index contributed by atoms with van der Waals surface area (Å²) in [7, 11) is 0. The maximum Gasteiger partial charge on any atom is 0.417 e. The van der Waals surface area contributed by atoms with E-state index in [1.165, 1.54) is 0 Å². The van der Waals surface area contributed by atoms with Gasteiger partial charge in [-0.3, -0.25) is 4.79 Å². The van der Waals surface area contributed by atoms with Crippen molar-refractivity contribution >= 4 is 12.4 Å². The quantitative estimate of drug-likeness (QED) is 0.451. The largest absolute Gasteiger partial charge is 0.417 e. The number of aldehydes is 1. The zero-order valence-electron chi connectivity index (χ0n) is 8.64. The molecule has 1 rings (SSSR count). The molecule has 0 radical (unpaired) electrons. The van der Waals surface area contributed by atoms with Gasteiger partial charge in [0.25, 0.3) is 0 Å². The van der Waals surface area contributed by atoms with Gasteiger partial charge in [0, 0.05) is 0 Å². The Morgan fingerprint density at radius 1 is 0.889 bits per heavy atom. The smallest absolute Gasteiger partial charge is 0.299 e. The molecule has 0 N–H and O–H groups in total. The van der Waals surface area contributed by atoms with Crippen molar-refractivity contribution in [1.29, 1.82) is 0 Å². The standard InChI is InChI=1S/C11H6F6O/c12-10(13,14)8-4-1-5-9(11(15,16)17)7(8)3-2-6-18/h1-6H. The Balaban J connectivity index is 3.55. The lowest BCUT2D eigenvalue weighted by Crippen LogP contribution is -2.14. The summed E-state index contributed by atoms with van der Waals surface area (Å²) in [5.41, 5.74) is -3.93. The Bertz CT molecular complexity index is 437. The van der Waals surface area contributed by atoms with Crippen LogP contribution in [0.1, 0.15) is 16.7 Å². The van der Waals surface area contributed by atoms with Gasteiger partial charge >= 0.3 is 12.4 Å². The number of allylic oxidation sites excluding steroid dienone is 1. The summed E-state index contributed by atoms with van der Waals surface area (Å²) in [5, 5.41) is 0. The zero-order valence-corrected chi connectivity index (χ0v) is 8.64. The molecule has 0 aliphatic carbocycles. The van der Waals surface area contributed by atoms with Crippen LogP contribution < -0.4 is 0 Å². The Kier molecular flexibility index (Phi) is 3.83. The fourth-order valence-corrected chi connectivity index (χ4v) is 1.37. The van der Waals surface area contributed by atoms with E-state index in [1.807, 2.05) is 0 Å². The van der Waals surface area contributed by atoms with Crippen LogP contribution in [0.3, 0.4) is 0 Å². The number of hydrogen-bond acceptors (Lipinski definition) is 1. The van der Waals surface area contributed by atoms with Gasteiger partial charge in [-0.15, -0.1) is 0 Å². The zero-order chi connectivity index (χ0) is 14.0. The molecule has 1 aromatic carbocycles. The van der Waals surface area contributed by atoms with Crippen molar-refractivity contribution in [3.8, 4) is 0 Å². The van der Waals surface area contributed by atoms with Crippen LogP contribution >= 0.6 is 0 Å². The Labute approximate surface area is 97.7 Å². The van der Waals surface area contributed by atoms with E-state index in [2.05, 4.69) is 0 Å². The Morgan fingerprint density at radius 3 is 1.67 bits per heavy atom. The van der Waals surface area contributed by atoms with E-state index < -0.39 is 29.0 Å². The molecule has 1 nitrogen and oxygen atoms in total. The summed E-state index contributed by atoms with van der Waals surface area (Å²) in [6.07, 6.45) is -8.67. The second kappa shape index (κ2) is 4.83. The van der Waals surface area contributed by atoms with Gasteiger partial charge in [-0.1, -0.05) is 12.1 Å². The lowest BCUT2D eigenvalue weighted by atomic mass is 9.99. The van der Waals surface area contributed by atoms with Gasteiger partial charge in [-0.05, 0) is 23.8 Å². The summed E-state index contributed by atoms with van der Waals surface area (Å²) < 4.78 is 75.3. The van der Waals surface area contributed by atoms with Crippen LogP contribution in [0.5, 0.6) is 0 Å². The van der Waals surface area contributed by atoms with E-state index in [4.69, 9.17) is 0 Å². The molecule has 0 amide bonds. The highest BCUT2D eigenvalue weighted by atomic mass is 19.4. The molecule has 0 aliphatic rings. The molecule has 98 valence electrons. The number of benzene rings is 1. The Hall–Kier alpha value is -1.79. The van der Waals surface area contributed by atoms with Crippen LogP contribution in [-0.2, 0) is 17.1 Å². The highest BCUT2D eigenvalue weighted by Crippen LogP contribution is 2.39. The molecule has 0 saturated carbocycles. The van der Waals surface area contributed by atoms with Gasteiger partial charge in [0.1, 0.15) is 6.29 Å². The average Bonchev–Trinajstić information content (AvgIpc) is 2.23. The van der Waals surface area contributed by atoms with Gasteiger partial charge in [0.2, 0.25) is 0 Å². The number of alkyl halides is 6. The minimum absolute atomic E-state index is 0.104. The first-order chi connectivity index (χ1) is 8.18. The van der Waals surface area contributed by atoms with Crippen molar-refractivity contribution in [3.05, 3.63) is 41.0 Å². The first-order valence-electron chi connectivity index (χ1n) is 4.57. The molecule has 0 aliphatic heterocycles. The molecule has 0 spiro atoms. The number of carbonyl (C=O) groups excluding carboxylic acids is 1. The normalized spacial score (nSPS) is 13.0. The molecule has 0 bridgehead atoms. The van der Waals surface area contributed by atoms with Gasteiger partial charge in [0.05, 0.1) is 11.1 Å². The molecule has 0 atom stereocenters. The second-order valence-electron chi connectivity index (χ2n) is 3.26. The van der Waals surface area contributed by atoms with Crippen molar-refractivity contribution in [3.63, 3.8) is 0 Å². The lowest BCUT2D eigenvalue weighted by Gasteiger charge is -2.16. The van der Waals surface area contributed by atoms with E-state index in [9.17, 15) is 31.1 Å². The van der Waals surface area contributed by atoms with E-state index in [1.54, 1.807) is 0 Å². The Morgan fingerprint density at radius 2 is 1.33 bits per heavy atom. The number of carbonyl (C=O) groups is 1. The van der Waals surface area contributed by atoms with Crippen LogP contribution in [0.15, 0.2) is 24.3 Å². The third-order valence-electron chi connectivity index (χ3n) is 2.06. The number of halogens is 6. The molecule has 1 aromatic rings. The average molecular weight is 268 g/mol. The third-order valence-corrected chi connectivity index (χ3v) is 2.06. The van der Waals surface area contributed by atoms with Crippen LogP contribution in [0.2, 0.25) is 0 Å². The van der Waals surface area contributed by atoms with Gasteiger partial charge < -0.3 is 0 Å². The van der Waals surface area contributed by atoms with Gasteiger partial charge in [0.15, 0.2) is 0 Å².